The van der Waals surface area contributed by atoms with Gasteiger partial charge >= 0.3 is 5.97 Å². The quantitative estimate of drug-likeness (QED) is 0.427. The molecule has 0 spiro atoms. The highest BCUT2D eigenvalue weighted by Gasteiger charge is 2.21. The first-order chi connectivity index (χ1) is 10.9. The van der Waals surface area contributed by atoms with E-state index in [9.17, 15) is 19.2 Å². The third-order valence-corrected chi connectivity index (χ3v) is 2.98. The van der Waals surface area contributed by atoms with Crippen LogP contribution in [0.5, 0.6) is 5.75 Å². The fourth-order valence-electron chi connectivity index (χ4n) is 1.79. The van der Waals surface area contributed by atoms with Crippen LogP contribution in [0.15, 0.2) is 24.3 Å². The monoisotopic (exact) mass is 322 g/mol. The molecular formula is C15H18N2O6. The van der Waals surface area contributed by atoms with Crippen molar-refractivity contribution in [3.63, 3.8) is 0 Å². The minimum absolute atomic E-state index is 0.112. The van der Waals surface area contributed by atoms with Crippen LogP contribution in [-0.4, -0.2) is 50.9 Å². The molecule has 0 saturated carbocycles. The van der Waals surface area contributed by atoms with Crippen molar-refractivity contribution in [3.8, 4) is 5.75 Å². The predicted molar refractivity (Wildman–Crippen MR) is 81.0 cm³/mol. The lowest BCUT2D eigenvalue weighted by atomic mass is 10.2. The van der Waals surface area contributed by atoms with E-state index in [0.29, 0.717) is 11.4 Å². The topological polar surface area (TPSA) is 102 Å². The average molecular weight is 322 g/mol. The number of benzene rings is 1. The number of carbonyl (C=O) groups excluding carboxylic acids is 4. The number of nitrogens with zero attached hydrogens (tertiary/aromatic N) is 1. The van der Waals surface area contributed by atoms with E-state index in [1.165, 1.54) is 33.3 Å². The van der Waals surface area contributed by atoms with Gasteiger partial charge < -0.3 is 14.8 Å². The lowest BCUT2D eigenvalue weighted by molar-refractivity contribution is -0.144. The Morgan fingerprint density at radius 3 is 2.30 bits per heavy atom. The van der Waals surface area contributed by atoms with E-state index in [-0.39, 0.29) is 6.29 Å². The number of aldehydes is 1. The molecule has 0 unspecified atom stereocenters. The molecule has 0 aliphatic carbocycles. The third kappa shape index (κ3) is 5.10. The lowest BCUT2D eigenvalue weighted by Crippen LogP contribution is -2.46. The normalized spacial score (nSPS) is 11.1. The third-order valence-electron chi connectivity index (χ3n) is 2.98. The van der Waals surface area contributed by atoms with Crippen LogP contribution in [-0.2, 0) is 23.9 Å². The number of hydrogen-bond acceptors (Lipinski definition) is 6. The Kier molecular flexibility index (Phi) is 6.72. The van der Waals surface area contributed by atoms with E-state index in [2.05, 4.69) is 10.1 Å². The number of rotatable bonds is 7. The van der Waals surface area contributed by atoms with Crippen LogP contribution in [0.3, 0.4) is 0 Å². The second kappa shape index (κ2) is 8.52. The van der Waals surface area contributed by atoms with E-state index in [1.54, 1.807) is 12.1 Å². The summed E-state index contributed by atoms with van der Waals surface area (Å²) in [7, 11) is 2.69. The molecule has 1 rings (SSSR count). The first-order valence-electron chi connectivity index (χ1n) is 6.70. The number of anilines is 1. The van der Waals surface area contributed by atoms with Crippen LogP contribution in [0.1, 0.15) is 6.92 Å². The Labute approximate surface area is 133 Å². The Hall–Kier alpha value is -2.90. The fourth-order valence-corrected chi connectivity index (χ4v) is 1.79. The molecule has 1 atom stereocenters. The molecule has 0 aliphatic heterocycles. The van der Waals surface area contributed by atoms with Gasteiger partial charge in [0.2, 0.25) is 12.2 Å². The van der Waals surface area contributed by atoms with Crippen LogP contribution < -0.4 is 15.0 Å². The Morgan fingerprint density at radius 1 is 1.22 bits per heavy atom. The summed E-state index contributed by atoms with van der Waals surface area (Å²) in [5, 5.41) is 2.38. The predicted octanol–water partition coefficient (Wildman–Crippen LogP) is -0.0952. The van der Waals surface area contributed by atoms with Gasteiger partial charge in [-0.3, -0.25) is 19.3 Å². The standard InChI is InChI=1S/C15H18N2O6/c1-10(15(21)23-3)16-13(19)8-17(14(20)9-18)11-4-6-12(22-2)7-5-11/h4-7,9-10H,8H2,1-3H3,(H,16,19)/t10-/m1/s1. The van der Waals surface area contributed by atoms with E-state index in [1.807, 2.05) is 0 Å². The molecule has 0 heterocycles. The van der Waals surface area contributed by atoms with Crippen LogP contribution in [0.25, 0.3) is 0 Å². The zero-order chi connectivity index (χ0) is 17.4. The minimum Gasteiger partial charge on any atom is -0.497 e. The SMILES string of the molecule is COC(=O)[C@@H](C)NC(=O)CN(C(=O)C=O)c1ccc(OC)cc1. The van der Waals surface area contributed by atoms with Crippen LogP contribution >= 0.6 is 0 Å². The van der Waals surface area contributed by atoms with Gasteiger partial charge in [0, 0.05) is 5.69 Å². The van der Waals surface area contributed by atoms with Gasteiger partial charge in [-0.05, 0) is 31.2 Å². The number of methoxy groups -OCH3 is 2. The molecule has 0 aliphatic rings. The Balaban J connectivity index is 2.86. The van der Waals surface area contributed by atoms with Gasteiger partial charge in [0.25, 0.3) is 5.91 Å². The van der Waals surface area contributed by atoms with E-state index in [0.717, 1.165) is 4.90 Å². The maximum Gasteiger partial charge on any atom is 0.328 e. The number of hydrogen-bond donors (Lipinski definition) is 1. The highest BCUT2D eigenvalue weighted by Crippen LogP contribution is 2.19. The van der Waals surface area contributed by atoms with Gasteiger partial charge in [-0.15, -0.1) is 0 Å². The average Bonchev–Trinajstić information content (AvgIpc) is 2.58. The van der Waals surface area contributed by atoms with Gasteiger partial charge in [-0.25, -0.2) is 4.79 Å². The molecule has 0 radical (unpaired) electrons. The zero-order valence-electron chi connectivity index (χ0n) is 13.1. The van der Waals surface area contributed by atoms with Crippen molar-refractivity contribution in [3.05, 3.63) is 24.3 Å². The maximum atomic E-state index is 11.9. The van der Waals surface area contributed by atoms with Crippen LogP contribution in [0.4, 0.5) is 5.69 Å². The summed E-state index contributed by atoms with van der Waals surface area (Å²) in [5.74, 6) is -1.53. The van der Waals surface area contributed by atoms with Crippen molar-refractivity contribution in [2.45, 2.75) is 13.0 Å². The summed E-state index contributed by atoms with van der Waals surface area (Å²) in [6.07, 6.45) is 0.112. The molecule has 8 nitrogen and oxygen atoms in total. The molecule has 1 N–H and O–H groups in total. The van der Waals surface area contributed by atoms with Gasteiger partial charge in [0.05, 0.1) is 14.2 Å². The number of carbonyl (C=O) groups is 4. The van der Waals surface area contributed by atoms with Crippen LogP contribution in [0.2, 0.25) is 0 Å². The Morgan fingerprint density at radius 2 is 1.83 bits per heavy atom. The second-order valence-electron chi connectivity index (χ2n) is 4.55. The highest BCUT2D eigenvalue weighted by atomic mass is 16.5. The summed E-state index contributed by atoms with van der Waals surface area (Å²) in [6.45, 7) is 1.04. The van der Waals surface area contributed by atoms with Crippen molar-refractivity contribution in [1.82, 2.24) is 5.32 Å². The first-order valence-corrected chi connectivity index (χ1v) is 6.70. The number of esters is 1. The summed E-state index contributed by atoms with van der Waals surface area (Å²) in [5.41, 5.74) is 0.351. The maximum absolute atomic E-state index is 11.9. The number of amides is 2. The lowest BCUT2D eigenvalue weighted by Gasteiger charge is -2.21. The van der Waals surface area contributed by atoms with E-state index in [4.69, 9.17) is 4.74 Å². The highest BCUT2D eigenvalue weighted by molar-refractivity contribution is 6.31. The molecule has 1 aromatic rings. The molecule has 0 saturated heterocycles. The molecule has 2 amide bonds. The smallest absolute Gasteiger partial charge is 0.328 e. The molecule has 23 heavy (non-hydrogen) atoms. The van der Waals surface area contributed by atoms with Gasteiger partial charge in [-0.2, -0.15) is 0 Å². The molecular weight excluding hydrogens is 304 g/mol. The second-order valence-corrected chi connectivity index (χ2v) is 4.55. The molecule has 1 aromatic carbocycles. The molecule has 0 aromatic heterocycles. The van der Waals surface area contributed by atoms with Crippen LogP contribution in [0, 0.1) is 0 Å². The molecule has 0 bridgehead atoms. The molecule has 124 valence electrons. The van der Waals surface area contributed by atoms with Crippen molar-refractivity contribution in [2.24, 2.45) is 0 Å². The Bertz CT molecular complexity index is 584. The van der Waals surface area contributed by atoms with Crippen molar-refractivity contribution in [2.75, 3.05) is 25.7 Å². The fraction of sp³-hybridized carbons (Fsp3) is 0.333. The number of ether oxygens (including phenoxy) is 2. The molecule has 0 fully saturated rings. The summed E-state index contributed by atoms with van der Waals surface area (Å²) >= 11 is 0. The minimum atomic E-state index is -0.879. The van der Waals surface area contributed by atoms with E-state index >= 15 is 0 Å². The summed E-state index contributed by atoms with van der Waals surface area (Å²) in [6, 6.07) is 5.40. The molecule has 8 heteroatoms. The van der Waals surface area contributed by atoms with Crippen molar-refractivity contribution >= 4 is 29.8 Å². The van der Waals surface area contributed by atoms with Crippen molar-refractivity contribution in [1.29, 1.82) is 0 Å². The van der Waals surface area contributed by atoms with Gasteiger partial charge in [-0.1, -0.05) is 0 Å². The van der Waals surface area contributed by atoms with Gasteiger partial charge in [0.1, 0.15) is 18.3 Å². The largest absolute Gasteiger partial charge is 0.497 e. The van der Waals surface area contributed by atoms with Crippen molar-refractivity contribution < 1.29 is 28.7 Å². The van der Waals surface area contributed by atoms with Gasteiger partial charge in [0.15, 0.2) is 0 Å². The number of nitrogens with one attached hydrogen (secondary N) is 1. The summed E-state index contributed by atoms with van der Waals surface area (Å²) in [4.78, 5) is 46.7. The van der Waals surface area contributed by atoms with E-state index < -0.39 is 30.4 Å². The first kappa shape index (κ1) is 18.1. The summed E-state index contributed by atoms with van der Waals surface area (Å²) < 4.78 is 9.50. The zero-order valence-corrected chi connectivity index (χ0v) is 13.1.